The Bertz CT molecular complexity index is 3670. The first-order chi connectivity index (χ1) is 30.8. The molecule has 3 nitrogen and oxygen atoms in total. The zero-order valence-corrected chi connectivity index (χ0v) is 33.6. The second kappa shape index (κ2) is 13.4. The summed E-state index contributed by atoms with van der Waals surface area (Å²) in [6.45, 7) is 0. The van der Waals surface area contributed by atoms with Crippen molar-refractivity contribution in [1.29, 1.82) is 0 Å². The molecule has 2 aromatic heterocycles. The Balaban J connectivity index is 1.09. The van der Waals surface area contributed by atoms with Crippen molar-refractivity contribution in [2.45, 2.75) is 5.41 Å². The van der Waals surface area contributed by atoms with Gasteiger partial charge in [0.2, 0.25) is 0 Å². The molecule has 0 radical (unpaired) electrons. The summed E-state index contributed by atoms with van der Waals surface area (Å²) in [7, 11) is 0. The normalized spacial score (nSPS) is 13.0. The van der Waals surface area contributed by atoms with Crippen LogP contribution in [0.15, 0.2) is 233 Å². The van der Waals surface area contributed by atoms with Crippen LogP contribution in [0.2, 0.25) is 0 Å². The monoisotopic (exact) mass is 791 g/mol. The molecule has 62 heavy (non-hydrogen) atoms. The summed E-state index contributed by atoms with van der Waals surface area (Å²) >= 11 is 0. The van der Waals surface area contributed by atoms with E-state index in [1.165, 1.54) is 38.8 Å². The van der Waals surface area contributed by atoms with E-state index in [0.29, 0.717) is 0 Å². The molecule has 1 aliphatic rings. The van der Waals surface area contributed by atoms with Crippen molar-refractivity contribution in [1.82, 2.24) is 0 Å². The number of furan rings is 2. The van der Waals surface area contributed by atoms with Gasteiger partial charge in [0.05, 0.1) is 16.8 Å². The van der Waals surface area contributed by atoms with Crippen molar-refractivity contribution < 1.29 is 8.83 Å². The maximum Gasteiger partial charge on any atom is 0.159 e. The quantitative estimate of drug-likeness (QED) is 0.168. The number of nitrogens with zero attached hydrogens (tertiary/aromatic N) is 1. The van der Waals surface area contributed by atoms with E-state index in [1.54, 1.807) is 0 Å². The molecule has 0 saturated heterocycles. The molecule has 10 aromatic carbocycles. The Hall–Kier alpha value is -8.14. The van der Waals surface area contributed by atoms with Gasteiger partial charge in [0, 0.05) is 38.2 Å². The molecular formula is C59H37NO2. The van der Waals surface area contributed by atoms with Gasteiger partial charge in [-0.3, -0.25) is 0 Å². The highest BCUT2D eigenvalue weighted by Gasteiger charge is 2.46. The number of anilines is 3. The van der Waals surface area contributed by atoms with E-state index in [1.807, 2.05) is 6.07 Å². The number of para-hydroxylation sites is 3. The zero-order chi connectivity index (χ0) is 40.8. The maximum atomic E-state index is 6.85. The Morgan fingerprint density at radius 3 is 1.79 bits per heavy atom. The van der Waals surface area contributed by atoms with Gasteiger partial charge in [0.15, 0.2) is 5.58 Å². The Labute approximate surface area is 358 Å². The molecule has 0 atom stereocenters. The molecule has 0 N–H and O–H groups in total. The van der Waals surface area contributed by atoms with E-state index in [9.17, 15) is 0 Å². The molecule has 0 spiro atoms. The van der Waals surface area contributed by atoms with Crippen molar-refractivity contribution in [3.05, 3.63) is 247 Å². The van der Waals surface area contributed by atoms with E-state index in [-0.39, 0.29) is 0 Å². The van der Waals surface area contributed by atoms with Crippen LogP contribution in [0.25, 0.3) is 76.9 Å². The minimum Gasteiger partial charge on any atom is -0.455 e. The smallest absolute Gasteiger partial charge is 0.159 e. The van der Waals surface area contributed by atoms with E-state index in [2.05, 4.69) is 223 Å². The van der Waals surface area contributed by atoms with Gasteiger partial charge in [-0.05, 0) is 92.9 Å². The van der Waals surface area contributed by atoms with Crippen LogP contribution in [0, 0.1) is 0 Å². The van der Waals surface area contributed by atoms with Crippen LogP contribution in [0.4, 0.5) is 17.1 Å². The minimum absolute atomic E-state index is 0.557. The summed E-state index contributed by atoms with van der Waals surface area (Å²) in [4.78, 5) is 2.41. The third kappa shape index (κ3) is 4.94. The Morgan fingerprint density at radius 1 is 0.339 bits per heavy atom. The van der Waals surface area contributed by atoms with Crippen LogP contribution < -0.4 is 4.90 Å². The highest BCUT2D eigenvalue weighted by molar-refractivity contribution is 6.16. The molecule has 0 unspecified atom stereocenters. The van der Waals surface area contributed by atoms with Gasteiger partial charge in [-0.15, -0.1) is 0 Å². The first-order valence-corrected chi connectivity index (χ1v) is 21.2. The highest BCUT2D eigenvalue weighted by atomic mass is 16.3. The van der Waals surface area contributed by atoms with Gasteiger partial charge >= 0.3 is 0 Å². The fourth-order valence-corrected chi connectivity index (χ4v) is 10.5. The van der Waals surface area contributed by atoms with Gasteiger partial charge in [-0.2, -0.15) is 0 Å². The van der Waals surface area contributed by atoms with Crippen molar-refractivity contribution in [3.8, 4) is 22.3 Å². The lowest BCUT2D eigenvalue weighted by atomic mass is 9.67. The molecule has 1 aliphatic carbocycles. The second-order valence-corrected chi connectivity index (χ2v) is 16.3. The van der Waals surface area contributed by atoms with Gasteiger partial charge in [-0.1, -0.05) is 176 Å². The SMILES string of the molecule is c1ccc(C2(c3ccccc3)c3ccccc3-c3ccc(N(c4ccccc4-c4ccc5oc6c7ccccc7ccc6c5c4)c4cccc5c4oc4ccccc45)cc32)cc1. The lowest BCUT2D eigenvalue weighted by molar-refractivity contribution is 0.669. The van der Waals surface area contributed by atoms with Crippen molar-refractivity contribution in [2.24, 2.45) is 0 Å². The van der Waals surface area contributed by atoms with Crippen LogP contribution in [0.5, 0.6) is 0 Å². The van der Waals surface area contributed by atoms with Crippen molar-refractivity contribution >= 4 is 71.7 Å². The van der Waals surface area contributed by atoms with E-state index < -0.39 is 5.41 Å². The predicted molar refractivity (Wildman–Crippen MR) is 256 cm³/mol. The lowest BCUT2D eigenvalue weighted by Gasteiger charge is -2.35. The third-order valence-corrected chi connectivity index (χ3v) is 13.1. The highest BCUT2D eigenvalue weighted by Crippen LogP contribution is 2.58. The first kappa shape index (κ1) is 34.7. The second-order valence-electron chi connectivity index (χ2n) is 16.3. The fraction of sp³-hybridized carbons (Fsp3) is 0.0169. The summed E-state index contributed by atoms with van der Waals surface area (Å²) in [5.41, 5.74) is 15.6. The number of rotatable bonds is 6. The molecule has 0 amide bonds. The van der Waals surface area contributed by atoms with Gasteiger partial charge in [0.25, 0.3) is 0 Å². The van der Waals surface area contributed by atoms with Crippen molar-refractivity contribution in [2.75, 3.05) is 4.90 Å². The average molecular weight is 792 g/mol. The van der Waals surface area contributed by atoms with E-state index in [4.69, 9.17) is 8.83 Å². The number of benzene rings is 10. The van der Waals surface area contributed by atoms with Crippen LogP contribution in [0.1, 0.15) is 22.3 Å². The molecule has 13 rings (SSSR count). The molecule has 3 heteroatoms. The van der Waals surface area contributed by atoms with Crippen LogP contribution in [0.3, 0.4) is 0 Å². The van der Waals surface area contributed by atoms with Gasteiger partial charge in [-0.25, -0.2) is 0 Å². The van der Waals surface area contributed by atoms with Crippen LogP contribution >= 0.6 is 0 Å². The van der Waals surface area contributed by atoms with Crippen molar-refractivity contribution in [3.63, 3.8) is 0 Å². The fourth-order valence-electron chi connectivity index (χ4n) is 10.5. The Kier molecular flexibility index (Phi) is 7.52. The molecule has 12 aromatic rings. The largest absolute Gasteiger partial charge is 0.455 e. The average Bonchev–Trinajstić information content (AvgIpc) is 4.01. The van der Waals surface area contributed by atoms with Crippen LogP contribution in [-0.2, 0) is 5.41 Å². The topological polar surface area (TPSA) is 29.5 Å². The van der Waals surface area contributed by atoms with Gasteiger partial charge in [0.1, 0.15) is 16.7 Å². The summed E-state index contributed by atoms with van der Waals surface area (Å²) in [6.07, 6.45) is 0. The van der Waals surface area contributed by atoms with E-state index in [0.717, 1.165) is 77.5 Å². The molecule has 2 heterocycles. The number of hydrogen-bond donors (Lipinski definition) is 0. The summed E-state index contributed by atoms with van der Waals surface area (Å²) in [5, 5.41) is 6.66. The number of fused-ring (bicyclic) bond motifs is 11. The zero-order valence-electron chi connectivity index (χ0n) is 33.6. The molecule has 290 valence electrons. The standard InChI is InChI=1S/C59H37NO2/c1-3-17-40(18-4-1)59(41-19-5-2-6-20-41)51-26-12-9-23-45(51)46-34-32-42(37-52(46)59)60(54-28-15-25-48-47-24-11-14-29-55(47)62-58(48)54)53-27-13-10-21-43(53)39-31-35-56-50(36-39)49-33-30-38-16-7-8-22-44(38)57(49)61-56/h1-37H. The molecular weight excluding hydrogens is 755 g/mol. The molecule has 0 saturated carbocycles. The Morgan fingerprint density at radius 2 is 0.952 bits per heavy atom. The van der Waals surface area contributed by atoms with Gasteiger partial charge < -0.3 is 13.7 Å². The minimum atomic E-state index is -0.557. The van der Waals surface area contributed by atoms with E-state index >= 15 is 0 Å². The molecule has 0 aliphatic heterocycles. The number of hydrogen-bond acceptors (Lipinski definition) is 3. The maximum absolute atomic E-state index is 6.85. The summed E-state index contributed by atoms with van der Waals surface area (Å²) in [6, 6.07) is 81.1. The lowest BCUT2D eigenvalue weighted by Crippen LogP contribution is -2.28. The summed E-state index contributed by atoms with van der Waals surface area (Å²) in [5.74, 6) is 0. The first-order valence-electron chi connectivity index (χ1n) is 21.2. The van der Waals surface area contributed by atoms with Crippen LogP contribution in [-0.4, -0.2) is 0 Å². The summed E-state index contributed by atoms with van der Waals surface area (Å²) < 4.78 is 13.4. The predicted octanol–water partition coefficient (Wildman–Crippen LogP) is 16.1. The third-order valence-electron chi connectivity index (χ3n) is 13.1. The molecule has 0 fully saturated rings. The molecule has 0 bridgehead atoms.